The van der Waals surface area contributed by atoms with Crippen LogP contribution in [0.1, 0.15) is 25.5 Å². The van der Waals surface area contributed by atoms with Gasteiger partial charge in [0.05, 0.1) is 12.6 Å². The Morgan fingerprint density at radius 2 is 1.87 bits per heavy atom. The normalized spacial score (nSPS) is 17.7. The number of aliphatic imine (C=N–C) groups is 1. The number of fused-ring (bicyclic) bond motifs is 1. The third kappa shape index (κ3) is 4.30. The highest BCUT2D eigenvalue weighted by Crippen LogP contribution is 2.41. The van der Waals surface area contributed by atoms with Gasteiger partial charge in [-0.1, -0.05) is 42.5 Å². The lowest BCUT2D eigenvalue weighted by molar-refractivity contribution is -0.142. The third-order valence-electron chi connectivity index (χ3n) is 5.06. The van der Waals surface area contributed by atoms with Crippen LogP contribution in [0.15, 0.2) is 71.9 Å². The van der Waals surface area contributed by atoms with E-state index in [2.05, 4.69) is 39.8 Å². The summed E-state index contributed by atoms with van der Waals surface area (Å²) in [4.78, 5) is 25.8. The summed E-state index contributed by atoms with van der Waals surface area (Å²) < 4.78 is 5.09. The second-order valence-corrected chi connectivity index (χ2v) is 7.11. The van der Waals surface area contributed by atoms with Crippen molar-refractivity contribution in [3.8, 4) is 0 Å². The molecule has 4 rings (SSSR count). The molecule has 0 fully saturated rings. The average molecular weight is 417 g/mol. The molecular formula is C23H25N6O2+. The van der Waals surface area contributed by atoms with Gasteiger partial charge in [-0.3, -0.25) is 4.79 Å². The molecule has 3 aromatic rings. The molecular weight excluding hydrogens is 392 g/mol. The fourth-order valence-corrected chi connectivity index (χ4v) is 3.51. The van der Waals surface area contributed by atoms with Crippen molar-refractivity contribution >= 4 is 35.4 Å². The van der Waals surface area contributed by atoms with E-state index < -0.39 is 0 Å². The number of anilines is 1. The first-order valence-corrected chi connectivity index (χ1v) is 10.2. The van der Waals surface area contributed by atoms with Crippen LogP contribution in [0.25, 0.3) is 0 Å². The van der Waals surface area contributed by atoms with Crippen LogP contribution >= 0.6 is 0 Å². The van der Waals surface area contributed by atoms with Gasteiger partial charge in [0, 0.05) is 18.3 Å². The summed E-state index contributed by atoms with van der Waals surface area (Å²) in [5.41, 5.74) is 6.07. The molecule has 0 aliphatic carbocycles. The standard InChI is InChI=1S/C23H25N6O2/c1-3-31-22(30)15-26-29(16-25-19-11-7-8-12-20(19)29)21-13-14-24-23(28-21)27-17(2)18-9-5-4-6-10-18/h4-14,16-17,26H,3,15H2,1-2H3,(H,24,27,28)/q+1. The fraction of sp³-hybridized carbons (Fsp3) is 0.217. The number of nitrogens with one attached hydrogen (secondary N) is 2. The lowest BCUT2D eigenvalue weighted by Crippen LogP contribution is -2.55. The average Bonchev–Trinajstić information content (AvgIpc) is 3.19. The van der Waals surface area contributed by atoms with E-state index in [1.165, 1.54) is 0 Å². The van der Waals surface area contributed by atoms with E-state index in [9.17, 15) is 4.79 Å². The predicted molar refractivity (Wildman–Crippen MR) is 121 cm³/mol. The molecule has 1 aliphatic heterocycles. The van der Waals surface area contributed by atoms with Crippen molar-refractivity contribution in [1.82, 2.24) is 20.0 Å². The molecule has 2 unspecified atom stereocenters. The van der Waals surface area contributed by atoms with Crippen LogP contribution in [0, 0.1) is 0 Å². The van der Waals surface area contributed by atoms with Crippen molar-refractivity contribution in [2.45, 2.75) is 19.9 Å². The first-order valence-electron chi connectivity index (χ1n) is 10.2. The van der Waals surface area contributed by atoms with Gasteiger partial charge in [0.25, 0.3) is 5.82 Å². The quantitative estimate of drug-likeness (QED) is 0.425. The Bertz CT molecular complexity index is 1090. The topological polar surface area (TPSA) is 88.5 Å². The van der Waals surface area contributed by atoms with E-state index in [1.807, 2.05) is 48.5 Å². The monoisotopic (exact) mass is 417 g/mol. The van der Waals surface area contributed by atoms with Gasteiger partial charge in [-0.15, -0.1) is 10.0 Å². The van der Waals surface area contributed by atoms with E-state index in [-0.39, 0.29) is 23.1 Å². The highest BCUT2D eigenvalue weighted by molar-refractivity contribution is 5.93. The van der Waals surface area contributed by atoms with Crippen LogP contribution in [0.5, 0.6) is 0 Å². The van der Waals surface area contributed by atoms with Gasteiger partial charge >= 0.3 is 5.97 Å². The summed E-state index contributed by atoms with van der Waals surface area (Å²) in [5, 5.41) is 3.35. The maximum atomic E-state index is 12.1. The summed E-state index contributed by atoms with van der Waals surface area (Å²) in [6.07, 6.45) is 3.43. The second kappa shape index (κ2) is 9.03. The number of carbonyl (C=O) groups excluding carboxylic acids is 1. The van der Waals surface area contributed by atoms with E-state index in [0.717, 1.165) is 16.9 Å². The van der Waals surface area contributed by atoms with Gasteiger partial charge in [0.1, 0.15) is 12.2 Å². The molecule has 2 aromatic carbocycles. The SMILES string of the molecule is CCOC(=O)CN[N+]1(c2ccnc(NC(C)c3ccccc3)n2)C=Nc2ccccc21. The Labute approximate surface area is 181 Å². The lowest BCUT2D eigenvalue weighted by Gasteiger charge is -2.28. The van der Waals surface area contributed by atoms with Gasteiger partial charge in [0.2, 0.25) is 12.3 Å². The Balaban J connectivity index is 1.66. The van der Waals surface area contributed by atoms with Crippen molar-refractivity contribution in [1.29, 1.82) is 0 Å². The van der Waals surface area contributed by atoms with Crippen molar-refractivity contribution in [3.05, 3.63) is 72.4 Å². The molecule has 0 saturated heterocycles. The maximum absolute atomic E-state index is 12.1. The van der Waals surface area contributed by atoms with Crippen LogP contribution < -0.4 is 15.3 Å². The number of para-hydroxylation sites is 2. The highest BCUT2D eigenvalue weighted by Gasteiger charge is 2.41. The molecule has 2 atom stereocenters. The number of benzene rings is 2. The fourth-order valence-electron chi connectivity index (χ4n) is 3.51. The molecule has 8 nitrogen and oxygen atoms in total. The Morgan fingerprint density at radius 1 is 1.10 bits per heavy atom. The third-order valence-corrected chi connectivity index (χ3v) is 5.06. The number of ether oxygens (including phenoxy) is 1. The summed E-state index contributed by atoms with van der Waals surface area (Å²) in [6.45, 7) is 4.16. The second-order valence-electron chi connectivity index (χ2n) is 7.11. The van der Waals surface area contributed by atoms with Gasteiger partial charge in [0.15, 0.2) is 5.69 Å². The minimum absolute atomic E-state index is 0.00137. The number of esters is 1. The number of carbonyl (C=O) groups is 1. The van der Waals surface area contributed by atoms with Gasteiger partial charge < -0.3 is 10.1 Å². The van der Waals surface area contributed by atoms with Crippen molar-refractivity contribution in [3.63, 3.8) is 0 Å². The minimum Gasteiger partial charge on any atom is -0.465 e. The zero-order chi connectivity index (χ0) is 21.7. The maximum Gasteiger partial charge on any atom is 0.325 e. The van der Waals surface area contributed by atoms with E-state index >= 15 is 0 Å². The summed E-state index contributed by atoms with van der Waals surface area (Å²) in [5.74, 6) is 0.778. The molecule has 2 N–H and O–H groups in total. The summed E-state index contributed by atoms with van der Waals surface area (Å²) >= 11 is 0. The molecule has 158 valence electrons. The molecule has 0 bridgehead atoms. The molecule has 31 heavy (non-hydrogen) atoms. The number of aromatic nitrogens is 2. The van der Waals surface area contributed by atoms with Gasteiger partial charge in [-0.05, 0) is 25.5 Å². The molecule has 0 spiro atoms. The number of hydrogen-bond donors (Lipinski definition) is 2. The summed E-state index contributed by atoms with van der Waals surface area (Å²) in [6, 6.07) is 19.7. The van der Waals surface area contributed by atoms with Gasteiger partial charge in [-0.2, -0.15) is 9.98 Å². The molecule has 1 aliphatic rings. The molecule has 2 heterocycles. The van der Waals surface area contributed by atoms with Crippen LogP contribution in [-0.4, -0.2) is 35.4 Å². The lowest BCUT2D eigenvalue weighted by atomic mass is 10.1. The van der Waals surface area contributed by atoms with Crippen LogP contribution in [0.4, 0.5) is 23.1 Å². The van der Waals surface area contributed by atoms with Crippen molar-refractivity contribution < 1.29 is 9.53 Å². The first-order chi connectivity index (χ1) is 15.1. The van der Waals surface area contributed by atoms with Crippen LogP contribution in [0.3, 0.4) is 0 Å². The van der Waals surface area contributed by atoms with E-state index in [4.69, 9.17) is 9.72 Å². The Morgan fingerprint density at radius 3 is 2.68 bits per heavy atom. The van der Waals surface area contributed by atoms with E-state index in [1.54, 1.807) is 19.5 Å². The van der Waals surface area contributed by atoms with E-state index in [0.29, 0.717) is 18.4 Å². The first kappa shape index (κ1) is 20.6. The van der Waals surface area contributed by atoms with Gasteiger partial charge in [-0.25, -0.2) is 4.98 Å². The molecule has 0 saturated carbocycles. The van der Waals surface area contributed by atoms with Crippen molar-refractivity contribution in [2.24, 2.45) is 4.99 Å². The molecule has 8 heteroatoms. The number of nitrogens with zero attached hydrogens (tertiary/aromatic N) is 4. The Hall–Kier alpha value is -3.62. The molecule has 0 amide bonds. The molecule has 1 aromatic heterocycles. The summed E-state index contributed by atoms with van der Waals surface area (Å²) in [7, 11) is 0. The highest BCUT2D eigenvalue weighted by atomic mass is 16.5. The zero-order valence-electron chi connectivity index (χ0n) is 17.5. The Kier molecular flexibility index (Phi) is 6.01. The molecule has 0 radical (unpaired) electrons. The smallest absolute Gasteiger partial charge is 0.325 e. The number of rotatable bonds is 8. The number of hydrogen-bond acceptors (Lipinski definition) is 7. The van der Waals surface area contributed by atoms with Crippen LogP contribution in [-0.2, 0) is 9.53 Å². The predicted octanol–water partition coefficient (Wildman–Crippen LogP) is 4.03. The van der Waals surface area contributed by atoms with Crippen LogP contribution in [0.2, 0.25) is 0 Å². The number of quaternary nitrogens is 1. The van der Waals surface area contributed by atoms with Crippen molar-refractivity contribution in [2.75, 3.05) is 18.5 Å². The zero-order valence-corrected chi connectivity index (χ0v) is 17.5. The minimum atomic E-state index is -0.345. The largest absolute Gasteiger partial charge is 0.465 e.